The number of rotatable bonds is 6. The van der Waals surface area contributed by atoms with Gasteiger partial charge in [0.15, 0.2) is 0 Å². The molecule has 6 aromatic carbocycles. The van der Waals surface area contributed by atoms with Gasteiger partial charge in [0.05, 0.1) is 0 Å². The quantitative estimate of drug-likeness (QED) is 0.0989. The minimum absolute atomic E-state index is 0. The standard InChI is InChI=1S/2C18H15P.CHO.BrH.Ir/c2*1-4-10-16(11-5-1)19(17-12-6-2-7-13-17)18-14-8-3-9-15-18;1-2;;/h2*1-15H;1H;1H;/q;;-1;;. The molecule has 1 radical (unpaired) electrons. The Morgan fingerprint density at radius 1 is 0.286 bits per heavy atom. The van der Waals surface area contributed by atoms with E-state index in [1.54, 1.807) is 0 Å². The van der Waals surface area contributed by atoms with Gasteiger partial charge in [0.1, 0.15) is 0 Å². The van der Waals surface area contributed by atoms with Crippen LogP contribution in [-0.4, -0.2) is 6.79 Å². The molecule has 0 fully saturated rings. The number of halogens is 1. The summed E-state index contributed by atoms with van der Waals surface area (Å²) in [6, 6.07) is 64.7. The summed E-state index contributed by atoms with van der Waals surface area (Å²) < 4.78 is 0. The van der Waals surface area contributed by atoms with Gasteiger partial charge in [-0.3, -0.25) is 6.79 Å². The number of hydrogen-bond acceptors (Lipinski definition) is 1. The summed E-state index contributed by atoms with van der Waals surface area (Å²) in [4.78, 5) is 7.75. The fraction of sp³-hybridized carbons (Fsp3) is 0. The molecule has 6 aromatic rings. The molecule has 0 aliphatic rings. The van der Waals surface area contributed by atoms with Gasteiger partial charge in [-0.2, -0.15) is 0 Å². The first-order valence-electron chi connectivity index (χ1n) is 13.0. The van der Waals surface area contributed by atoms with Gasteiger partial charge in [-0.25, -0.2) is 0 Å². The summed E-state index contributed by atoms with van der Waals surface area (Å²) in [5.74, 6) is 0. The molecule has 0 aliphatic carbocycles. The van der Waals surface area contributed by atoms with Gasteiger partial charge in [-0.1, -0.05) is 182 Å². The molecule has 213 valence electrons. The van der Waals surface area contributed by atoms with Crippen molar-refractivity contribution in [2.75, 3.05) is 0 Å². The van der Waals surface area contributed by atoms with Crippen LogP contribution < -0.4 is 31.8 Å². The largest absolute Gasteiger partial charge is 0.545 e. The molecule has 0 N–H and O–H groups in total. The van der Waals surface area contributed by atoms with Gasteiger partial charge < -0.3 is 4.79 Å². The maximum Gasteiger partial charge on any atom is 0 e. The summed E-state index contributed by atoms with van der Waals surface area (Å²) in [7, 11) is -0.892. The van der Waals surface area contributed by atoms with Crippen LogP contribution in [0.3, 0.4) is 0 Å². The molecule has 0 aliphatic heterocycles. The first-order valence-corrected chi connectivity index (χ1v) is 15.7. The van der Waals surface area contributed by atoms with Crippen LogP contribution >= 0.6 is 32.8 Å². The van der Waals surface area contributed by atoms with Crippen LogP contribution in [0.25, 0.3) is 0 Å². The molecule has 0 unspecified atom stereocenters. The van der Waals surface area contributed by atoms with Crippen molar-refractivity contribution >= 4 is 71.4 Å². The molecule has 0 spiro atoms. The predicted octanol–water partition coefficient (Wildman–Crippen LogP) is 7.19. The van der Waals surface area contributed by atoms with Crippen molar-refractivity contribution in [2.24, 2.45) is 0 Å². The molecule has 0 bridgehead atoms. The molecular formula is C37H32BrIrOP2-. The monoisotopic (exact) mass is 826 g/mol. The van der Waals surface area contributed by atoms with Gasteiger partial charge in [-0.05, 0) is 47.7 Å². The second kappa shape index (κ2) is 20.0. The topological polar surface area (TPSA) is 17.1 Å². The Bertz CT molecular complexity index is 1200. The molecule has 0 atom stereocenters. The van der Waals surface area contributed by atoms with E-state index in [1.807, 2.05) is 0 Å². The van der Waals surface area contributed by atoms with Gasteiger partial charge in [0.25, 0.3) is 0 Å². The van der Waals surface area contributed by atoms with Crippen molar-refractivity contribution in [1.82, 2.24) is 0 Å². The van der Waals surface area contributed by atoms with Gasteiger partial charge in [-0.15, -0.1) is 17.0 Å². The van der Waals surface area contributed by atoms with E-state index in [9.17, 15) is 0 Å². The van der Waals surface area contributed by atoms with Gasteiger partial charge in [0.2, 0.25) is 0 Å². The van der Waals surface area contributed by atoms with Gasteiger partial charge >= 0.3 is 0 Å². The Balaban J connectivity index is 0.000000265. The van der Waals surface area contributed by atoms with Crippen molar-refractivity contribution in [3.05, 3.63) is 182 Å². The fourth-order valence-electron chi connectivity index (χ4n) is 4.36. The molecule has 6 rings (SSSR count). The Morgan fingerprint density at radius 2 is 0.405 bits per heavy atom. The third-order valence-corrected chi connectivity index (χ3v) is 11.0. The van der Waals surface area contributed by atoms with E-state index in [4.69, 9.17) is 4.79 Å². The molecule has 5 heteroatoms. The summed E-state index contributed by atoms with van der Waals surface area (Å²) in [5.41, 5.74) is 0. The van der Waals surface area contributed by atoms with Crippen LogP contribution in [-0.2, 0) is 24.9 Å². The molecule has 0 saturated heterocycles. The summed E-state index contributed by atoms with van der Waals surface area (Å²) >= 11 is 0. The maximum absolute atomic E-state index is 7.75. The number of carbonyl (C=O) groups excluding carboxylic acids is 1. The zero-order valence-electron chi connectivity index (χ0n) is 22.9. The predicted molar refractivity (Wildman–Crippen MR) is 187 cm³/mol. The maximum atomic E-state index is 7.75. The number of benzene rings is 6. The van der Waals surface area contributed by atoms with E-state index in [0.29, 0.717) is 0 Å². The minimum atomic E-state index is -0.446. The third-order valence-electron chi connectivity index (χ3n) is 6.09. The third kappa shape index (κ3) is 10.1. The zero-order valence-corrected chi connectivity index (χ0v) is 28.8. The molecule has 0 heterocycles. The molecule has 0 aromatic heterocycles. The average Bonchev–Trinajstić information content (AvgIpc) is 3.06. The second-order valence-corrected chi connectivity index (χ2v) is 13.1. The SMILES string of the molecule is Br.[CH-]=O.[Ir].c1ccc(P(c2ccccc2)c2ccccc2)cc1.c1ccc(P(c2ccccc2)c2ccccc2)cc1. The Hall–Kier alpha value is -3.02. The van der Waals surface area contributed by atoms with Crippen LogP contribution in [0.2, 0.25) is 0 Å². The van der Waals surface area contributed by atoms with E-state index < -0.39 is 15.8 Å². The first kappa shape index (κ1) is 35.2. The summed E-state index contributed by atoms with van der Waals surface area (Å²) in [6.07, 6.45) is 0. The van der Waals surface area contributed by atoms with E-state index in [2.05, 4.69) is 189 Å². The van der Waals surface area contributed by atoms with Crippen LogP contribution in [0.4, 0.5) is 0 Å². The molecule has 1 nitrogen and oxygen atoms in total. The average molecular weight is 827 g/mol. The molecule has 0 amide bonds. The summed E-state index contributed by atoms with van der Waals surface area (Å²) in [6.45, 7) is 3.25. The summed E-state index contributed by atoms with van der Waals surface area (Å²) in [5, 5.41) is 8.39. The first-order chi connectivity index (χ1) is 19.9. The van der Waals surface area contributed by atoms with Crippen LogP contribution in [0.5, 0.6) is 0 Å². The smallest absolute Gasteiger partial charge is 0 e. The second-order valence-electron chi connectivity index (χ2n) is 8.68. The Morgan fingerprint density at radius 3 is 0.524 bits per heavy atom. The van der Waals surface area contributed by atoms with Crippen LogP contribution in [0, 0.1) is 0 Å². The molecule has 42 heavy (non-hydrogen) atoms. The van der Waals surface area contributed by atoms with Crippen LogP contribution in [0.15, 0.2) is 182 Å². The van der Waals surface area contributed by atoms with Crippen molar-refractivity contribution in [1.29, 1.82) is 0 Å². The van der Waals surface area contributed by atoms with Crippen molar-refractivity contribution in [3.8, 4) is 0 Å². The van der Waals surface area contributed by atoms with E-state index >= 15 is 0 Å². The fourth-order valence-corrected chi connectivity index (χ4v) is 8.97. The van der Waals surface area contributed by atoms with Crippen LogP contribution in [0.1, 0.15) is 0 Å². The normalized spacial score (nSPS) is 9.67. The molecule has 0 saturated carbocycles. The van der Waals surface area contributed by atoms with Crippen molar-refractivity contribution in [2.45, 2.75) is 0 Å². The van der Waals surface area contributed by atoms with E-state index in [0.717, 1.165) is 0 Å². The number of hydrogen-bond donors (Lipinski definition) is 0. The Labute approximate surface area is 276 Å². The molecular weight excluding hydrogens is 794 g/mol. The van der Waals surface area contributed by atoms with Gasteiger partial charge in [0, 0.05) is 20.1 Å². The Kier molecular flexibility index (Phi) is 16.7. The van der Waals surface area contributed by atoms with E-state index in [1.165, 1.54) is 31.8 Å². The minimum Gasteiger partial charge on any atom is -0.545 e. The van der Waals surface area contributed by atoms with E-state index in [-0.39, 0.29) is 37.1 Å². The van der Waals surface area contributed by atoms with Crippen molar-refractivity contribution < 1.29 is 24.9 Å². The zero-order chi connectivity index (χ0) is 27.8. The van der Waals surface area contributed by atoms with Crippen molar-refractivity contribution in [3.63, 3.8) is 0 Å².